The van der Waals surface area contributed by atoms with Crippen molar-refractivity contribution in [3.05, 3.63) is 30.1 Å². The van der Waals surface area contributed by atoms with Crippen LogP contribution in [0.1, 0.15) is 23.2 Å². The number of hydrogen-bond acceptors (Lipinski definition) is 4. The lowest BCUT2D eigenvalue weighted by atomic mass is 10.3. The zero-order valence-electron chi connectivity index (χ0n) is 7.88. The van der Waals surface area contributed by atoms with Crippen LogP contribution in [0.15, 0.2) is 24.5 Å². The predicted octanol–water partition coefficient (Wildman–Crippen LogP) is 0.304. The number of rotatable bonds is 3. The highest BCUT2D eigenvalue weighted by Gasteiger charge is 2.36. The van der Waals surface area contributed by atoms with Crippen molar-refractivity contribution in [2.45, 2.75) is 18.1 Å². The first-order chi connectivity index (χ1) is 7.09. The van der Waals surface area contributed by atoms with Gasteiger partial charge in [0.2, 0.25) is 10.0 Å². The number of hydrogen-bond donors (Lipinski definition) is 1. The molecule has 15 heavy (non-hydrogen) atoms. The Balaban J connectivity index is 2.10. The average Bonchev–Trinajstić information content (AvgIpc) is 3.01. The molecule has 1 heterocycles. The van der Waals surface area contributed by atoms with Gasteiger partial charge in [0.1, 0.15) is 0 Å². The third-order valence-electron chi connectivity index (χ3n) is 2.12. The molecule has 0 aliphatic heterocycles. The van der Waals surface area contributed by atoms with E-state index in [0.29, 0.717) is 12.8 Å². The molecule has 80 valence electrons. The molecule has 0 atom stereocenters. The van der Waals surface area contributed by atoms with Crippen molar-refractivity contribution in [2.75, 3.05) is 0 Å². The number of nitrogens with zero attached hydrogens (tertiary/aromatic N) is 1. The van der Waals surface area contributed by atoms with E-state index in [9.17, 15) is 13.2 Å². The Morgan fingerprint density at radius 3 is 2.73 bits per heavy atom. The van der Waals surface area contributed by atoms with Crippen LogP contribution in [0.25, 0.3) is 0 Å². The normalized spacial score (nSPS) is 16.0. The van der Waals surface area contributed by atoms with Crippen LogP contribution >= 0.6 is 0 Å². The molecule has 1 aromatic heterocycles. The second-order valence-electron chi connectivity index (χ2n) is 3.42. The number of aromatic nitrogens is 1. The maximum atomic E-state index is 11.5. The minimum Gasteiger partial charge on any atom is -0.268 e. The molecule has 0 bridgehead atoms. The zero-order chi connectivity index (χ0) is 10.9. The van der Waals surface area contributed by atoms with Crippen molar-refractivity contribution in [2.24, 2.45) is 0 Å². The highest BCUT2D eigenvalue weighted by atomic mass is 32.2. The summed E-state index contributed by atoms with van der Waals surface area (Å²) < 4.78 is 24.9. The summed E-state index contributed by atoms with van der Waals surface area (Å²) in [6.45, 7) is 0. The molecule has 0 radical (unpaired) electrons. The summed E-state index contributed by atoms with van der Waals surface area (Å²) in [5.74, 6) is -0.616. The molecule has 1 saturated carbocycles. The molecular formula is C9H10N2O3S. The van der Waals surface area contributed by atoms with E-state index < -0.39 is 21.2 Å². The zero-order valence-corrected chi connectivity index (χ0v) is 8.70. The van der Waals surface area contributed by atoms with Gasteiger partial charge in [-0.3, -0.25) is 9.78 Å². The van der Waals surface area contributed by atoms with Gasteiger partial charge in [-0.1, -0.05) is 0 Å². The number of nitrogens with one attached hydrogen (secondary N) is 1. The van der Waals surface area contributed by atoms with E-state index in [0.717, 1.165) is 0 Å². The van der Waals surface area contributed by atoms with Gasteiger partial charge in [-0.2, -0.15) is 0 Å². The average molecular weight is 226 g/mol. The van der Waals surface area contributed by atoms with Gasteiger partial charge in [-0.25, -0.2) is 13.1 Å². The number of sulfonamides is 1. The summed E-state index contributed by atoms with van der Waals surface area (Å²) in [5.41, 5.74) is 0.252. The Bertz CT molecular complexity index is 465. The van der Waals surface area contributed by atoms with Gasteiger partial charge < -0.3 is 0 Å². The molecule has 1 aromatic rings. The number of carbonyl (C=O) groups is 1. The fourth-order valence-electron chi connectivity index (χ4n) is 1.15. The molecule has 0 saturated heterocycles. The van der Waals surface area contributed by atoms with Crippen LogP contribution in [0.2, 0.25) is 0 Å². The van der Waals surface area contributed by atoms with Crippen molar-refractivity contribution >= 4 is 15.9 Å². The molecule has 0 unspecified atom stereocenters. The fraction of sp³-hybridized carbons (Fsp3) is 0.333. The van der Waals surface area contributed by atoms with Gasteiger partial charge in [-0.05, 0) is 25.0 Å². The molecule has 1 aliphatic carbocycles. The van der Waals surface area contributed by atoms with Gasteiger partial charge in [0.15, 0.2) is 0 Å². The van der Waals surface area contributed by atoms with E-state index in [-0.39, 0.29) is 5.56 Å². The van der Waals surface area contributed by atoms with Crippen molar-refractivity contribution < 1.29 is 13.2 Å². The summed E-state index contributed by atoms with van der Waals surface area (Å²) in [7, 11) is -3.46. The van der Waals surface area contributed by atoms with E-state index in [1.807, 2.05) is 4.72 Å². The van der Waals surface area contributed by atoms with Crippen LogP contribution in [0.4, 0.5) is 0 Å². The largest absolute Gasteiger partial charge is 0.268 e. The Kier molecular flexibility index (Phi) is 2.44. The first-order valence-corrected chi connectivity index (χ1v) is 6.10. The Morgan fingerprint density at radius 2 is 2.20 bits per heavy atom. The smallest absolute Gasteiger partial charge is 0.266 e. The van der Waals surface area contributed by atoms with Crippen molar-refractivity contribution in [1.29, 1.82) is 0 Å². The Hall–Kier alpha value is -1.43. The SMILES string of the molecule is O=C(NS(=O)(=O)C1CC1)c1cccnc1. The maximum absolute atomic E-state index is 11.5. The fourth-order valence-corrected chi connectivity index (χ4v) is 2.45. The summed E-state index contributed by atoms with van der Waals surface area (Å²) in [6.07, 6.45) is 4.12. The van der Waals surface area contributed by atoms with Crippen LogP contribution in [-0.2, 0) is 10.0 Å². The van der Waals surface area contributed by atoms with Gasteiger partial charge in [0, 0.05) is 12.4 Å². The number of pyridine rings is 1. The molecule has 1 N–H and O–H groups in total. The molecule has 0 spiro atoms. The lowest BCUT2D eigenvalue weighted by Crippen LogP contribution is -2.33. The third-order valence-corrected chi connectivity index (χ3v) is 3.94. The Morgan fingerprint density at radius 1 is 1.47 bits per heavy atom. The monoisotopic (exact) mass is 226 g/mol. The molecule has 2 rings (SSSR count). The number of carbonyl (C=O) groups excluding carboxylic acids is 1. The first-order valence-electron chi connectivity index (χ1n) is 4.55. The van der Waals surface area contributed by atoms with Crippen LogP contribution in [0.5, 0.6) is 0 Å². The van der Waals surface area contributed by atoms with Gasteiger partial charge in [-0.15, -0.1) is 0 Å². The maximum Gasteiger partial charge on any atom is 0.266 e. The topological polar surface area (TPSA) is 76.1 Å². The first kappa shape index (κ1) is 10.1. The molecule has 6 heteroatoms. The summed E-state index contributed by atoms with van der Waals surface area (Å²) >= 11 is 0. The lowest BCUT2D eigenvalue weighted by Gasteiger charge is -2.04. The van der Waals surface area contributed by atoms with Crippen LogP contribution < -0.4 is 4.72 Å². The van der Waals surface area contributed by atoms with E-state index in [1.165, 1.54) is 18.5 Å². The van der Waals surface area contributed by atoms with Gasteiger partial charge in [0.05, 0.1) is 10.8 Å². The van der Waals surface area contributed by atoms with Crippen LogP contribution in [0.3, 0.4) is 0 Å². The van der Waals surface area contributed by atoms with Crippen LogP contribution in [0, 0.1) is 0 Å². The van der Waals surface area contributed by atoms with Crippen molar-refractivity contribution in [3.63, 3.8) is 0 Å². The quantitative estimate of drug-likeness (QED) is 0.804. The summed E-state index contributed by atoms with van der Waals surface area (Å²) in [4.78, 5) is 15.2. The predicted molar refractivity (Wildman–Crippen MR) is 53.6 cm³/mol. The highest BCUT2D eigenvalue weighted by molar-refractivity contribution is 7.91. The molecule has 5 nitrogen and oxygen atoms in total. The highest BCUT2D eigenvalue weighted by Crippen LogP contribution is 2.27. The van der Waals surface area contributed by atoms with Crippen LogP contribution in [-0.4, -0.2) is 24.6 Å². The van der Waals surface area contributed by atoms with Gasteiger partial charge in [0.25, 0.3) is 5.91 Å². The second-order valence-corrected chi connectivity index (χ2v) is 5.38. The molecule has 1 amide bonds. The van der Waals surface area contributed by atoms with Crippen molar-refractivity contribution in [1.82, 2.24) is 9.71 Å². The van der Waals surface area contributed by atoms with Crippen molar-refractivity contribution in [3.8, 4) is 0 Å². The van der Waals surface area contributed by atoms with E-state index in [1.54, 1.807) is 6.07 Å². The molecule has 1 aliphatic rings. The Labute approximate surface area is 87.6 Å². The third kappa shape index (κ3) is 2.33. The molecule has 1 fully saturated rings. The van der Waals surface area contributed by atoms with E-state index in [4.69, 9.17) is 0 Å². The van der Waals surface area contributed by atoms with Gasteiger partial charge >= 0.3 is 0 Å². The standard InChI is InChI=1S/C9H10N2O3S/c12-9(7-2-1-5-10-6-7)11-15(13,14)8-3-4-8/h1-2,5-6,8H,3-4H2,(H,11,12). The minimum atomic E-state index is -3.46. The number of amides is 1. The van der Waals surface area contributed by atoms with E-state index in [2.05, 4.69) is 4.98 Å². The second kappa shape index (κ2) is 3.62. The lowest BCUT2D eigenvalue weighted by molar-refractivity contribution is 0.0981. The summed E-state index contributed by atoms with van der Waals surface area (Å²) in [6, 6.07) is 3.10. The van der Waals surface area contributed by atoms with E-state index >= 15 is 0 Å². The minimum absolute atomic E-state index is 0.252. The molecule has 0 aromatic carbocycles. The molecular weight excluding hydrogens is 216 g/mol. The summed E-state index contributed by atoms with van der Waals surface area (Å²) in [5, 5.41) is -0.391.